The van der Waals surface area contributed by atoms with Crippen molar-refractivity contribution in [3.05, 3.63) is 53.0 Å². The monoisotopic (exact) mass is 260 g/mol. The Hall–Kier alpha value is -1.58. The molecule has 0 spiro atoms. The standard InChI is InChI=1S/C13H9ClN2S/c14-10-4-1-3-9(7-10)13-15-8-11(16-13)12-5-2-6-17-12/h1-8H,(H,15,16). The molecule has 84 valence electrons. The van der Waals surface area contributed by atoms with E-state index in [1.165, 1.54) is 4.88 Å². The van der Waals surface area contributed by atoms with E-state index in [0.29, 0.717) is 0 Å². The van der Waals surface area contributed by atoms with E-state index in [2.05, 4.69) is 21.4 Å². The van der Waals surface area contributed by atoms with Crippen molar-refractivity contribution in [2.75, 3.05) is 0 Å². The van der Waals surface area contributed by atoms with Crippen LogP contribution in [-0.2, 0) is 0 Å². The van der Waals surface area contributed by atoms with Crippen molar-refractivity contribution < 1.29 is 0 Å². The SMILES string of the molecule is Clc1cccc(-c2ncc(-c3cccs3)[nH]2)c1. The van der Waals surface area contributed by atoms with Crippen LogP contribution in [0, 0.1) is 0 Å². The Balaban J connectivity index is 2.01. The van der Waals surface area contributed by atoms with E-state index in [1.807, 2.05) is 36.5 Å². The number of rotatable bonds is 2. The molecule has 0 saturated carbocycles. The highest BCUT2D eigenvalue weighted by molar-refractivity contribution is 7.13. The number of hydrogen-bond donors (Lipinski definition) is 1. The molecule has 2 nitrogen and oxygen atoms in total. The number of imidazole rings is 1. The zero-order valence-electron chi connectivity index (χ0n) is 8.85. The third-order valence-corrected chi connectivity index (χ3v) is 3.60. The minimum atomic E-state index is 0.719. The Kier molecular flexibility index (Phi) is 2.71. The van der Waals surface area contributed by atoms with Crippen molar-refractivity contribution >= 4 is 22.9 Å². The minimum absolute atomic E-state index is 0.719. The smallest absolute Gasteiger partial charge is 0.137 e. The van der Waals surface area contributed by atoms with Gasteiger partial charge < -0.3 is 4.98 Å². The molecule has 2 aromatic heterocycles. The molecule has 0 atom stereocenters. The van der Waals surface area contributed by atoms with Gasteiger partial charge in [-0.05, 0) is 23.6 Å². The summed E-state index contributed by atoms with van der Waals surface area (Å²) in [7, 11) is 0. The molecular weight excluding hydrogens is 252 g/mol. The molecule has 0 radical (unpaired) electrons. The van der Waals surface area contributed by atoms with E-state index >= 15 is 0 Å². The maximum atomic E-state index is 5.96. The Bertz CT molecular complexity index is 628. The first kappa shape index (κ1) is 10.6. The number of nitrogens with one attached hydrogen (secondary N) is 1. The maximum Gasteiger partial charge on any atom is 0.137 e. The highest BCUT2D eigenvalue weighted by Gasteiger charge is 2.06. The summed E-state index contributed by atoms with van der Waals surface area (Å²) in [6, 6.07) is 11.8. The molecule has 3 aromatic rings. The first-order valence-electron chi connectivity index (χ1n) is 5.18. The van der Waals surface area contributed by atoms with Gasteiger partial charge in [-0.25, -0.2) is 4.98 Å². The van der Waals surface area contributed by atoms with Crippen LogP contribution in [0.1, 0.15) is 0 Å². The van der Waals surface area contributed by atoms with Gasteiger partial charge in [-0.3, -0.25) is 0 Å². The first-order valence-corrected chi connectivity index (χ1v) is 6.43. The van der Waals surface area contributed by atoms with Gasteiger partial charge in [0.2, 0.25) is 0 Å². The van der Waals surface area contributed by atoms with Crippen LogP contribution in [0.15, 0.2) is 48.0 Å². The average molecular weight is 261 g/mol. The Morgan fingerprint density at radius 1 is 1.18 bits per heavy atom. The molecule has 4 heteroatoms. The Morgan fingerprint density at radius 3 is 2.88 bits per heavy atom. The number of aromatic amines is 1. The molecule has 0 aliphatic heterocycles. The van der Waals surface area contributed by atoms with E-state index in [9.17, 15) is 0 Å². The third-order valence-electron chi connectivity index (χ3n) is 2.46. The second-order valence-corrected chi connectivity index (χ2v) is 5.02. The fraction of sp³-hybridized carbons (Fsp3) is 0. The lowest BCUT2D eigenvalue weighted by molar-refractivity contribution is 1.31. The van der Waals surface area contributed by atoms with E-state index < -0.39 is 0 Å². The number of halogens is 1. The predicted molar refractivity (Wildman–Crippen MR) is 72.3 cm³/mol. The second kappa shape index (κ2) is 4.35. The van der Waals surface area contributed by atoms with Crippen LogP contribution in [0.4, 0.5) is 0 Å². The summed E-state index contributed by atoms with van der Waals surface area (Å²) < 4.78 is 0. The fourth-order valence-electron chi connectivity index (χ4n) is 1.66. The normalized spacial score (nSPS) is 10.6. The summed E-state index contributed by atoms with van der Waals surface area (Å²) >= 11 is 7.65. The molecular formula is C13H9ClN2S. The van der Waals surface area contributed by atoms with Crippen molar-refractivity contribution in [2.24, 2.45) is 0 Å². The molecule has 0 saturated heterocycles. The molecule has 0 bridgehead atoms. The van der Waals surface area contributed by atoms with Gasteiger partial charge in [0, 0.05) is 10.6 Å². The highest BCUT2D eigenvalue weighted by atomic mass is 35.5. The zero-order valence-corrected chi connectivity index (χ0v) is 10.4. The van der Waals surface area contributed by atoms with Gasteiger partial charge in [0.1, 0.15) is 5.82 Å². The maximum absolute atomic E-state index is 5.96. The lowest BCUT2D eigenvalue weighted by Gasteiger charge is -1.97. The summed E-state index contributed by atoms with van der Waals surface area (Å²) in [4.78, 5) is 8.86. The number of H-pyrrole nitrogens is 1. The molecule has 0 aliphatic rings. The lowest BCUT2D eigenvalue weighted by atomic mass is 10.2. The number of nitrogens with zero attached hydrogens (tertiary/aromatic N) is 1. The quantitative estimate of drug-likeness (QED) is 0.724. The van der Waals surface area contributed by atoms with Crippen LogP contribution >= 0.6 is 22.9 Å². The van der Waals surface area contributed by atoms with E-state index in [0.717, 1.165) is 22.1 Å². The molecule has 0 unspecified atom stereocenters. The van der Waals surface area contributed by atoms with Gasteiger partial charge >= 0.3 is 0 Å². The predicted octanol–water partition coefficient (Wildman–Crippen LogP) is 4.46. The van der Waals surface area contributed by atoms with Crippen molar-refractivity contribution in [3.8, 4) is 22.0 Å². The van der Waals surface area contributed by atoms with E-state index in [1.54, 1.807) is 11.3 Å². The third kappa shape index (κ3) is 2.12. The molecule has 1 N–H and O–H groups in total. The summed E-state index contributed by atoms with van der Waals surface area (Å²) in [5.74, 6) is 0.843. The molecule has 0 amide bonds. The van der Waals surface area contributed by atoms with Gasteiger partial charge in [-0.1, -0.05) is 29.8 Å². The van der Waals surface area contributed by atoms with Crippen LogP contribution in [0.3, 0.4) is 0 Å². The van der Waals surface area contributed by atoms with Crippen molar-refractivity contribution in [1.29, 1.82) is 0 Å². The first-order chi connectivity index (χ1) is 8.33. The zero-order chi connectivity index (χ0) is 11.7. The van der Waals surface area contributed by atoms with Crippen molar-refractivity contribution in [2.45, 2.75) is 0 Å². The topological polar surface area (TPSA) is 28.7 Å². The Morgan fingerprint density at radius 2 is 2.12 bits per heavy atom. The van der Waals surface area contributed by atoms with Gasteiger partial charge in [-0.15, -0.1) is 11.3 Å². The van der Waals surface area contributed by atoms with E-state index in [-0.39, 0.29) is 0 Å². The van der Waals surface area contributed by atoms with Gasteiger partial charge in [0.25, 0.3) is 0 Å². The van der Waals surface area contributed by atoms with Gasteiger partial charge in [0.05, 0.1) is 16.8 Å². The number of hydrogen-bond acceptors (Lipinski definition) is 2. The molecule has 17 heavy (non-hydrogen) atoms. The van der Waals surface area contributed by atoms with Crippen LogP contribution in [-0.4, -0.2) is 9.97 Å². The highest BCUT2D eigenvalue weighted by Crippen LogP contribution is 2.26. The van der Waals surface area contributed by atoms with Crippen molar-refractivity contribution in [3.63, 3.8) is 0 Å². The molecule has 0 aliphatic carbocycles. The number of benzene rings is 1. The van der Waals surface area contributed by atoms with Gasteiger partial charge in [-0.2, -0.15) is 0 Å². The fourth-order valence-corrected chi connectivity index (χ4v) is 2.54. The summed E-state index contributed by atoms with van der Waals surface area (Å²) in [6.45, 7) is 0. The molecule has 2 heterocycles. The van der Waals surface area contributed by atoms with Crippen LogP contribution in [0.5, 0.6) is 0 Å². The van der Waals surface area contributed by atoms with E-state index in [4.69, 9.17) is 11.6 Å². The van der Waals surface area contributed by atoms with Crippen LogP contribution in [0.25, 0.3) is 22.0 Å². The number of aromatic nitrogens is 2. The molecule has 0 fully saturated rings. The average Bonchev–Trinajstić information content (AvgIpc) is 3.00. The Labute approximate surface area is 108 Å². The van der Waals surface area contributed by atoms with Crippen LogP contribution in [0.2, 0.25) is 5.02 Å². The van der Waals surface area contributed by atoms with Crippen LogP contribution < -0.4 is 0 Å². The second-order valence-electron chi connectivity index (χ2n) is 3.63. The number of thiophene rings is 1. The van der Waals surface area contributed by atoms with Crippen molar-refractivity contribution in [1.82, 2.24) is 9.97 Å². The minimum Gasteiger partial charge on any atom is -0.337 e. The molecule has 3 rings (SSSR count). The van der Waals surface area contributed by atoms with Gasteiger partial charge in [0.15, 0.2) is 0 Å². The largest absolute Gasteiger partial charge is 0.337 e. The summed E-state index contributed by atoms with van der Waals surface area (Å²) in [5.41, 5.74) is 2.04. The summed E-state index contributed by atoms with van der Waals surface area (Å²) in [6.07, 6.45) is 1.85. The lowest BCUT2D eigenvalue weighted by Crippen LogP contribution is -1.79. The summed E-state index contributed by atoms with van der Waals surface area (Å²) in [5, 5.41) is 2.77. The molecule has 1 aromatic carbocycles.